The van der Waals surface area contributed by atoms with Gasteiger partial charge in [-0.3, -0.25) is 33.7 Å². The maximum Gasteiger partial charge on any atom is 0.263 e. The van der Waals surface area contributed by atoms with Crippen molar-refractivity contribution < 1.29 is 38.4 Å². The monoisotopic (exact) mass is 1690 g/mol. The van der Waals surface area contributed by atoms with Gasteiger partial charge in [-0.1, -0.05) is 108 Å². The van der Waals surface area contributed by atoms with Crippen molar-refractivity contribution in [3.8, 4) is 34.7 Å². The van der Waals surface area contributed by atoms with Crippen LogP contribution in [-0.4, -0.2) is 104 Å². The molecular weight excluding hydrogens is 1610 g/mol. The van der Waals surface area contributed by atoms with Crippen LogP contribution in [0.2, 0.25) is 0 Å². The summed E-state index contributed by atoms with van der Waals surface area (Å²) >= 11 is 0. The lowest BCUT2D eigenvalue weighted by atomic mass is 9.87. The number of aromatic nitrogens is 13. The van der Waals surface area contributed by atoms with Gasteiger partial charge in [-0.05, 0) is 215 Å². The molecule has 121 heavy (non-hydrogen) atoms. The first-order valence-corrected chi connectivity index (χ1v) is 44.4. The molecule has 0 atom stereocenters. The number of fused-ring (bicyclic) bond motifs is 4. The number of H-pyrrole nitrogens is 1. The van der Waals surface area contributed by atoms with Crippen LogP contribution in [0.4, 0.5) is 23.3 Å². The fourth-order valence-corrected chi connectivity index (χ4v) is 17.7. The van der Waals surface area contributed by atoms with Crippen molar-refractivity contribution >= 4 is 107 Å². The number of benzene rings is 8. The molecule has 8 aromatic carbocycles. The molecule has 0 amide bonds. The number of nitrogens with one attached hydrogen (secondary N) is 5. The zero-order chi connectivity index (χ0) is 86.0. The number of pyridine rings is 3. The smallest absolute Gasteiger partial charge is 0.263 e. The number of para-hydroxylation sites is 1. The van der Waals surface area contributed by atoms with E-state index in [9.17, 15) is 43.7 Å². The fraction of sp³-hybridized carbons (Fsp3) is 0.191. The minimum Gasteiger partial charge on any atom is -0.494 e. The van der Waals surface area contributed by atoms with Crippen LogP contribution in [0.3, 0.4) is 0 Å². The third-order valence-electron chi connectivity index (χ3n) is 19.9. The van der Waals surface area contributed by atoms with Crippen molar-refractivity contribution in [2.75, 3.05) is 25.5 Å². The molecular formula is C89H86N18O10S4. The summed E-state index contributed by atoms with van der Waals surface area (Å²) in [5.74, 6) is 2.46. The molecule has 1 fully saturated rings. The summed E-state index contributed by atoms with van der Waals surface area (Å²) in [7, 11) is -15.3. The molecule has 32 heteroatoms. The highest BCUT2D eigenvalue weighted by Crippen LogP contribution is 2.48. The molecule has 0 unspecified atom stereocenters. The first-order chi connectivity index (χ1) is 57.6. The highest BCUT2D eigenvalue weighted by Gasteiger charge is 2.45. The number of aryl methyl sites for hydroxylation is 4. The summed E-state index contributed by atoms with van der Waals surface area (Å²) in [5.41, 5.74) is 10.0. The normalized spacial score (nSPS) is 12.7. The first kappa shape index (κ1) is 83.7. The summed E-state index contributed by atoms with van der Waals surface area (Å²) in [5, 5.41) is 30.5. The predicted octanol–water partition coefficient (Wildman–Crippen LogP) is 16.4. The van der Waals surface area contributed by atoms with Crippen molar-refractivity contribution in [2.45, 2.75) is 125 Å². The Morgan fingerprint density at radius 2 is 0.793 bits per heavy atom. The van der Waals surface area contributed by atoms with E-state index in [1.807, 2.05) is 136 Å². The minimum atomic E-state index is -3.84. The lowest BCUT2D eigenvalue weighted by Gasteiger charge is -2.19. The largest absolute Gasteiger partial charge is 0.494 e. The molecule has 0 saturated heterocycles. The molecule has 16 aromatic rings. The predicted molar refractivity (Wildman–Crippen MR) is 469 cm³/mol. The number of nitrogens with zero attached hydrogens (tertiary/aromatic N) is 13. The van der Waals surface area contributed by atoms with Crippen LogP contribution in [0.15, 0.2) is 280 Å². The van der Waals surface area contributed by atoms with Crippen LogP contribution < -0.4 is 29.2 Å². The van der Waals surface area contributed by atoms with Crippen LogP contribution in [0.25, 0.3) is 66.5 Å². The van der Waals surface area contributed by atoms with E-state index in [0.717, 1.165) is 79.0 Å². The Morgan fingerprint density at radius 1 is 0.421 bits per heavy atom. The maximum atomic E-state index is 13.1. The summed E-state index contributed by atoms with van der Waals surface area (Å²) in [6.45, 7) is 22.1. The molecule has 5 N–H and O–H groups in total. The zero-order valence-corrected chi connectivity index (χ0v) is 71.2. The highest BCUT2D eigenvalue weighted by atomic mass is 32.2. The van der Waals surface area contributed by atoms with E-state index >= 15 is 0 Å². The van der Waals surface area contributed by atoms with Crippen LogP contribution in [0, 0.1) is 39.0 Å². The molecule has 8 heterocycles. The molecule has 0 radical (unpaired) electrons. The Bertz CT molecular complexity index is 7160. The van der Waals surface area contributed by atoms with E-state index in [4.69, 9.17) is 4.74 Å². The van der Waals surface area contributed by atoms with Gasteiger partial charge in [0.25, 0.3) is 40.1 Å². The highest BCUT2D eigenvalue weighted by molar-refractivity contribution is 7.93. The Kier molecular flexibility index (Phi) is 23.2. The Morgan fingerprint density at radius 3 is 1.21 bits per heavy atom. The fourth-order valence-electron chi connectivity index (χ4n) is 13.5. The van der Waals surface area contributed by atoms with Crippen molar-refractivity contribution in [1.29, 1.82) is 5.26 Å². The minimum absolute atomic E-state index is 0.0560. The van der Waals surface area contributed by atoms with Crippen molar-refractivity contribution in [2.24, 2.45) is 0 Å². The van der Waals surface area contributed by atoms with Crippen LogP contribution in [-0.2, 0) is 56.3 Å². The maximum absolute atomic E-state index is 13.1. The molecule has 0 aliphatic heterocycles. The standard InChI is InChI=1S/C23H19N5O2S.C23H24N4O3S.C22H23N5O2S.C21H20N4O3S/c1-16-14-22(28(26-16)21-6-2-5-20-19(21)4-3-13-25-20)27-31(29,30)18-9-7-17(8-10-18)23(15-24)11-12-23;1-15-14-21(26-31(29,30)17-10-8-16(9-11-17)23(2,3)4)27(25-15)20-7-5-6-19-18(20)12-13-22(28)24-19;1-15-13-20(26-30(28,29)17-11-9-16(10-12-17)22(2,3)4)27(25-15)21-18-7-5-6-8-19(18)23-14-24-21;1-3-28-16-9-11-17(12-10-16)29(26,27)24-21-14-15(2)23-25(21)20-8-4-7-19-18(20)6-5-13-22-19/h2-10,13-14,27H,11-12H2,1H3;5-14,26H,1-4H3,(H,24,28);5-14,26H,1-4H3;4-14,24H,3H2,1-2H3. The van der Waals surface area contributed by atoms with E-state index in [-0.39, 0.29) is 36.0 Å². The van der Waals surface area contributed by atoms with Crippen LogP contribution in [0.1, 0.15) is 101 Å². The number of ether oxygens (including phenoxy) is 1. The average Bonchev–Trinajstić information content (AvgIpc) is 1.08. The number of anilines is 4. The van der Waals surface area contributed by atoms with Gasteiger partial charge in [0.2, 0.25) is 5.56 Å². The second-order valence-corrected chi connectivity index (χ2v) is 37.6. The summed E-state index contributed by atoms with van der Waals surface area (Å²) in [6, 6.07) is 70.6. The number of hydrogen-bond acceptors (Lipinski definition) is 19. The molecule has 28 nitrogen and oxygen atoms in total. The number of rotatable bonds is 19. The number of hydrogen-bond donors (Lipinski definition) is 5. The lowest BCUT2D eigenvalue weighted by molar-refractivity contribution is 0.340. The van der Waals surface area contributed by atoms with Gasteiger partial charge >= 0.3 is 0 Å². The molecule has 616 valence electrons. The molecule has 1 aliphatic rings. The Balaban J connectivity index is 0.000000132. The number of aromatic amines is 1. The number of sulfonamides is 4. The second-order valence-electron chi connectivity index (χ2n) is 30.9. The van der Waals surface area contributed by atoms with E-state index in [2.05, 4.69) is 112 Å². The van der Waals surface area contributed by atoms with Gasteiger partial charge in [0.15, 0.2) is 5.82 Å². The van der Waals surface area contributed by atoms with Crippen LogP contribution >= 0.6 is 0 Å². The first-order valence-electron chi connectivity index (χ1n) is 38.4. The lowest BCUT2D eigenvalue weighted by Crippen LogP contribution is -2.17. The van der Waals surface area contributed by atoms with Gasteiger partial charge in [-0.15, -0.1) is 0 Å². The van der Waals surface area contributed by atoms with E-state index in [1.165, 1.54) is 33.9 Å². The molecule has 0 bridgehead atoms. The summed E-state index contributed by atoms with van der Waals surface area (Å²) in [6.07, 6.45) is 6.50. The van der Waals surface area contributed by atoms with Gasteiger partial charge in [0.05, 0.1) is 99.6 Å². The summed E-state index contributed by atoms with van der Waals surface area (Å²) < 4.78 is 126. The topological polar surface area (TPSA) is 373 Å². The zero-order valence-electron chi connectivity index (χ0n) is 67.9. The molecule has 1 saturated carbocycles. The van der Waals surface area contributed by atoms with Gasteiger partial charge in [0.1, 0.15) is 35.3 Å². The third-order valence-corrected chi connectivity index (χ3v) is 25.3. The quantitative estimate of drug-likeness (QED) is 0.0502. The summed E-state index contributed by atoms with van der Waals surface area (Å²) in [4.78, 5) is 32.4. The van der Waals surface area contributed by atoms with Crippen LogP contribution in [0.5, 0.6) is 5.75 Å². The van der Waals surface area contributed by atoms with E-state index in [0.29, 0.717) is 75.4 Å². The molecule has 1 aliphatic carbocycles. The third kappa shape index (κ3) is 18.6. The van der Waals surface area contributed by atoms with Gasteiger partial charge in [-0.25, -0.2) is 57.7 Å². The van der Waals surface area contributed by atoms with Gasteiger partial charge in [0, 0.05) is 64.3 Å². The van der Waals surface area contributed by atoms with E-state index in [1.54, 1.807) is 139 Å². The average molecular weight is 1700 g/mol. The van der Waals surface area contributed by atoms with Crippen molar-refractivity contribution in [3.05, 3.63) is 305 Å². The van der Waals surface area contributed by atoms with Crippen molar-refractivity contribution in [3.63, 3.8) is 0 Å². The van der Waals surface area contributed by atoms with Gasteiger partial charge < -0.3 is 9.72 Å². The van der Waals surface area contributed by atoms with Crippen molar-refractivity contribution in [1.82, 2.24) is 64.0 Å². The number of nitriles is 1. The Hall–Kier alpha value is -13.7. The SMILES string of the molecule is CCOc1ccc(S(=O)(=O)Nc2cc(C)nn2-c2cccc3ncccc23)cc1.Cc1cc(NS(=O)(=O)c2ccc(C(C)(C)C)cc2)n(-c2cccc3[nH]c(=O)ccc23)n1.Cc1cc(NS(=O)(=O)c2ccc(C(C)(C)C)cc2)n(-c2ncnc3ccccc23)n1.Cc1cc(NS(=O)(=O)c2ccc(C3(C#N)CC3)cc2)n(-c2cccc3ncccc23)n1. The van der Waals surface area contributed by atoms with Gasteiger partial charge in [-0.2, -0.15) is 30.3 Å². The second kappa shape index (κ2) is 33.6. The molecule has 0 spiro atoms. The molecule has 8 aromatic heterocycles. The Labute approximate surface area is 700 Å². The molecule has 17 rings (SSSR count). The van der Waals surface area contributed by atoms with E-state index < -0.39 is 45.5 Å².